The molecule has 3 rings (SSSR count). The van der Waals surface area contributed by atoms with E-state index in [1.165, 1.54) is 101 Å². The van der Waals surface area contributed by atoms with Crippen LogP contribution < -0.4 is 4.90 Å². The number of anilines is 1. The number of hydrogen-bond acceptors (Lipinski definition) is 3. The summed E-state index contributed by atoms with van der Waals surface area (Å²) in [6.45, 7) is 3.33. The number of nitrogens with zero attached hydrogens (tertiary/aromatic N) is 2. The van der Waals surface area contributed by atoms with Crippen molar-refractivity contribution in [2.45, 2.75) is 96.8 Å². The zero-order valence-corrected chi connectivity index (χ0v) is 25.5. The molecule has 37 heavy (non-hydrogen) atoms. The molecule has 1 aliphatic heterocycles. The van der Waals surface area contributed by atoms with Gasteiger partial charge in [0.1, 0.15) is 0 Å². The molecule has 1 heterocycles. The molecule has 0 aromatic heterocycles. The van der Waals surface area contributed by atoms with Gasteiger partial charge in [-0.05, 0) is 62.6 Å². The van der Waals surface area contributed by atoms with Gasteiger partial charge in [-0.3, -0.25) is 9.79 Å². The van der Waals surface area contributed by atoms with E-state index in [1.807, 2.05) is 6.20 Å². The number of aliphatic imine (C=N–C) groups is 1. The number of unbranched alkanes of at least 4 members (excludes halogenated alkanes) is 13. The van der Waals surface area contributed by atoms with E-state index in [0.29, 0.717) is 8.96 Å². The van der Waals surface area contributed by atoms with Crippen LogP contribution in [0.25, 0.3) is 5.57 Å². The van der Waals surface area contributed by atoms with Crippen LogP contribution in [-0.4, -0.2) is 18.0 Å². The van der Waals surface area contributed by atoms with E-state index in [1.54, 1.807) is 12.2 Å². The van der Waals surface area contributed by atoms with Gasteiger partial charge in [0, 0.05) is 35.8 Å². The molecular weight excluding hydrogens is 588 g/mol. The number of para-hydroxylation sites is 1. The van der Waals surface area contributed by atoms with E-state index in [2.05, 4.69) is 85.2 Å². The first kappa shape index (κ1) is 29.8. The second kappa shape index (κ2) is 17.0. The van der Waals surface area contributed by atoms with Crippen LogP contribution in [0.3, 0.4) is 0 Å². The summed E-state index contributed by atoms with van der Waals surface area (Å²) < 4.78 is 1.02. The first-order chi connectivity index (χ1) is 18.1. The van der Waals surface area contributed by atoms with Gasteiger partial charge < -0.3 is 4.90 Å². The van der Waals surface area contributed by atoms with E-state index in [0.717, 1.165) is 17.8 Å². The van der Waals surface area contributed by atoms with Crippen LogP contribution in [0.4, 0.5) is 5.69 Å². The quantitative estimate of drug-likeness (QED) is 0.135. The molecule has 5 heteroatoms. The summed E-state index contributed by atoms with van der Waals surface area (Å²) in [7, 11) is 0. The highest BCUT2D eigenvalue weighted by molar-refractivity contribution is 9.13. The Morgan fingerprint density at radius 3 is 1.92 bits per heavy atom. The largest absolute Gasteiger partial charge is 0.347 e. The molecule has 0 spiro atoms. The van der Waals surface area contributed by atoms with Crippen molar-refractivity contribution in [1.29, 1.82) is 0 Å². The Morgan fingerprint density at radius 1 is 0.784 bits per heavy atom. The minimum Gasteiger partial charge on any atom is -0.347 e. The van der Waals surface area contributed by atoms with Gasteiger partial charge in [-0.1, -0.05) is 109 Å². The van der Waals surface area contributed by atoms with E-state index in [4.69, 9.17) is 0 Å². The molecule has 0 bridgehead atoms. The molecule has 0 atom stereocenters. The lowest BCUT2D eigenvalue weighted by Gasteiger charge is -2.27. The Bertz CT molecular complexity index is 1010. The summed E-state index contributed by atoms with van der Waals surface area (Å²) in [4.78, 5) is 18.9. The maximum absolute atomic E-state index is 11.9. The molecule has 0 fully saturated rings. The Labute approximate surface area is 241 Å². The fourth-order valence-electron chi connectivity index (χ4n) is 4.86. The predicted octanol–water partition coefficient (Wildman–Crippen LogP) is 10.4. The lowest BCUT2D eigenvalue weighted by molar-refractivity contribution is -0.110. The highest BCUT2D eigenvalue weighted by Gasteiger charge is 2.17. The Morgan fingerprint density at radius 2 is 1.32 bits per heavy atom. The zero-order chi connectivity index (χ0) is 26.3. The second-order valence-electron chi connectivity index (χ2n) is 10.1. The number of allylic oxidation sites excluding steroid dienone is 6. The highest BCUT2D eigenvalue weighted by atomic mass is 79.9. The molecular formula is C32H42Br2N2O. The lowest BCUT2D eigenvalue weighted by atomic mass is 10.00. The van der Waals surface area contributed by atoms with Gasteiger partial charge in [-0.2, -0.15) is 0 Å². The van der Waals surface area contributed by atoms with Gasteiger partial charge in [0.2, 0.25) is 5.78 Å². The van der Waals surface area contributed by atoms with Gasteiger partial charge in [-0.15, -0.1) is 0 Å². The maximum Gasteiger partial charge on any atom is 0.207 e. The average molecular weight is 631 g/mol. The number of carbonyl (C=O) groups excluding carboxylic acids is 1. The van der Waals surface area contributed by atoms with Crippen molar-refractivity contribution in [2.75, 3.05) is 11.4 Å². The van der Waals surface area contributed by atoms with Crippen molar-refractivity contribution in [3.05, 3.63) is 69.4 Å². The molecule has 0 N–H and O–H groups in total. The molecule has 0 radical (unpaired) electrons. The van der Waals surface area contributed by atoms with E-state index in [9.17, 15) is 4.79 Å². The van der Waals surface area contributed by atoms with Crippen LogP contribution in [0.2, 0.25) is 0 Å². The second-order valence-corrected chi connectivity index (χ2v) is 11.8. The van der Waals surface area contributed by atoms with Gasteiger partial charge in [0.25, 0.3) is 0 Å². The number of Topliss-reactive ketones (excluding diaryl/α,β-unsaturated/α-hetero) is 1. The molecule has 200 valence electrons. The topological polar surface area (TPSA) is 32.7 Å². The Balaban J connectivity index is 1.37. The summed E-state index contributed by atoms with van der Waals surface area (Å²) in [5.74, 6) is -0.0614. The number of halogens is 2. The minimum absolute atomic E-state index is 0.0614. The summed E-state index contributed by atoms with van der Waals surface area (Å²) in [5, 5.41) is 0. The van der Waals surface area contributed by atoms with Gasteiger partial charge in [0.05, 0.1) is 14.7 Å². The monoisotopic (exact) mass is 628 g/mol. The molecule has 0 amide bonds. The number of ketones is 1. The van der Waals surface area contributed by atoms with E-state index < -0.39 is 0 Å². The third kappa shape index (κ3) is 10.2. The molecule has 0 saturated heterocycles. The Kier molecular flexibility index (Phi) is 13.7. The summed E-state index contributed by atoms with van der Waals surface area (Å²) in [5.41, 5.74) is 4.24. The minimum atomic E-state index is -0.0614. The van der Waals surface area contributed by atoms with E-state index >= 15 is 0 Å². The van der Waals surface area contributed by atoms with Crippen LogP contribution in [-0.2, 0) is 4.79 Å². The summed E-state index contributed by atoms with van der Waals surface area (Å²) in [6.07, 6.45) is 29.1. The number of rotatable bonds is 16. The fourth-order valence-corrected chi connectivity index (χ4v) is 6.02. The fraction of sp³-hybridized carbons (Fsp3) is 0.500. The Hall–Kier alpha value is -1.72. The van der Waals surface area contributed by atoms with Crippen molar-refractivity contribution in [1.82, 2.24) is 0 Å². The number of benzene rings is 1. The standard InChI is InChI=1S/C32H42Br2N2O/c1-2-3-4-5-6-7-8-9-10-11-12-13-14-17-21-36-22-20-26(28-18-15-16-19-31(28)36)25-35-27-23-29(33)32(37)30(34)24-27/h15-16,18-20,22-25H,2-14,17,21H2,1H3/b26-25+. The molecule has 3 nitrogen and oxygen atoms in total. The maximum atomic E-state index is 11.9. The number of carbonyl (C=O) groups is 1. The molecule has 1 aromatic carbocycles. The smallest absolute Gasteiger partial charge is 0.207 e. The molecule has 0 saturated carbocycles. The van der Waals surface area contributed by atoms with Crippen LogP contribution in [0.15, 0.2) is 68.9 Å². The lowest BCUT2D eigenvalue weighted by Crippen LogP contribution is -2.21. The molecule has 1 aliphatic carbocycles. The SMILES string of the molecule is CCCCCCCCCCCCCCCCN1C=C/C(=C\N=C2C=C(Br)C(=O)C(Br)=C2)c2ccccc21. The summed E-state index contributed by atoms with van der Waals surface area (Å²) in [6, 6.07) is 8.53. The summed E-state index contributed by atoms with van der Waals surface area (Å²) >= 11 is 6.64. The predicted molar refractivity (Wildman–Crippen MR) is 168 cm³/mol. The zero-order valence-electron chi connectivity index (χ0n) is 22.4. The van der Waals surface area contributed by atoms with Crippen molar-refractivity contribution in [3.8, 4) is 0 Å². The van der Waals surface area contributed by atoms with Crippen molar-refractivity contribution < 1.29 is 4.79 Å². The van der Waals surface area contributed by atoms with Crippen molar-refractivity contribution in [2.24, 2.45) is 4.99 Å². The number of hydrogen-bond donors (Lipinski definition) is 0. The first-order valence-corrected chi connectivity index (χ1v) is 15.8. The highest BCUT2D eigenvalue weighted by Crippen LogP contribution is 2.33. The van der Waals surface area contributed by atoms with Crippen molar-refractivity contribution in [3.63, 3.8) is 0 Å². The van der Waals surface area contributed by atoms with Gasteiger partial charge in [0.15, 0.2) is 0 Å². The van der Waals surface area contributed by atoms with Crippen LogP contribution in [0.5, 0.6) is 0 Å². The molecule has 1 aromatic rings. The van der Waals surface area contributed by atoms with Crippen LogP contribution >= 0.6 is 31.9 Å². The third-order valence-corrected chi connectivity index (χ3v) is 8.22. The number of fused-ring (bicyclic) bond motifs is 1. The van der Waals surface area contributed by atoms with Crippen LogP contribution in [0.1, 0.15) is 102 Å². The van der Waals surface area contributed by atoms with Crippen molar-refractivity contribution >= 4 is 54.6 Å². The van der Waals surface area contributed by atoms with Gasteiger partial charge in [-0.25, -0.2) is 0 Å². The molecule has 2 aliphatic rings. The van der Waals surface area contributed by atoms with Gasteiger partial charge >= 0.3 is 0 Å². The average Bonchev–Trinajstić information content (AvgIpc) is 2.91. The molecule has 0 unspecified atom stereocenters. The van der Waals surface area contributed by atoms with Crippen LogP contribution in [0, 0.1) is 0 Å². The first-order valence-electron chi connectivity index (χ1n) is 14.2. The third-order valence-electron chi connectivity index (χ3n) is 7.05. The normalized spacial score (nSPS) is 16.2. The van der Waals surface area contributed by atoms with E-state index in [-0.39, 0.29) is 5.78 Å².